The molecule has 0 aliphatic rings. The summed E-state index contributed by atoms with van der Waals surface area (Å²) in [7, 11) is 0. The number of esters is 1. The van der Waals surface area contributed by atoms with Crippen molar-refractivity contribution >= 4 is 17.8 Å². The Bertz CT molecular complexity index is 1190. The smallest absolute Gasteiger partial charge is 0.331 e. The van der Waals surface area contributed by atoms with Gasteiger partial charge < -0.3 is 19.8 Å². The van der Waals surface area contributed by atoms with E-state index in [1.54, 1.807) is 45.0 Å². The predicted molar refractivity (Wildman–Crippen MR) is 130 cm³/mol. The van der Waals surface area contributed by atoms with E-state index in [0.717, 1.165) is 18.4 Å². The van der Waals surface area contributed by atoms with Crippen LogP contribution in [0.5, 0.6) is 0 Å². The third-order valence-corrected chi connectivity index (χ3v) is 5.49. The minimum absolute atomic E-state index is 0.0390. The van der Waals surface area contributed by atoms with Gasteiger partial charge in [0.15, 0.2) is 0 Å². The van der Waals surface area contributed by atoms with Crippen molar-refractivity contribution in [1.29, 1.82) is 0 Å². The van der Waals surface area contributed by atoms with Crippen LogP contribution in [-0.4, -0.2) is 51.2 Å². The average Bonchev–Trinajstić information content (AvgIpc) is 3.53. The van der Waals surface area contributed by atoms with Gasteiger partial charge in [0.1, 0.15) is 11.2 Å². The number of nitrogens with zero attached hydrogens (tertiary/aromatic N) is 2. The molecule has 0 saturated carbocycles. The van der Waals surface area contributed by atoms with Crippen molar-refractivity contribution < 1.29 is 23.5 Å². The van der Waals surface area contributed by atoms with Gasteiger partial charge in [0.25, 0.3) is 11.8 Å². The highest BCUT2D eigenvalue weighted by atomic mass is 16.5. The number of ether oxygens (including phenoxy) is 1. The van der Waals surface area contributed by atoms with Crippen LogP contribution < -0.4 is 10.6 Å². The molecule has 10 nitrogen and oxygen atoms in total. The largest absolute Gasteiger partial charge is 0.464 e. The second-order valence-corrected chi connectivity index (χ2v) is 8.56. The van der Waals surface area contributed by atoms with E-state index in [1.807, 2.05) is 19.9 Å². The quantitative estimate of drug-likeness (QED) is 0.375. The van der Waals surface area contributed by atoms with E-state index >= 15 is 0 Å². The Morgan fingerprint density at radius 1 is 1.09 bits per heavy atom. The number of benzene rings is 1. The zero-order chi connectivity index (χ0) is 25.6. The molecule has 0 aliphatic heterocycles. The summed E-state index contributed by atoms with van der Waals surface area (Å²) in [5.41, 5.74) is 1.10. The summed E-state index contributed by atoms with van der Waals surface area (Å²) in [6.07, 6.45) is 3.00. The molecule has 2 amide bonds. The van der Waals surface area contributed by atoms with E-state index in [4.69, 9.17) is 9.15 Å². The van der Waals surface area contributed by atoms with Crippen LogP contribution in [0.15, 0.2) is 40.9 Å². The van der Waals surface area contributed by atoms with Gasteiger partial charge in [0.05, 0.1) is 18.5 Å². The number of carbonyl (C=O) groups excluding carboxylic acids is 3. The van der Waals surface area contributed by atoms with Crippen LogP contribution in [-0.2, 0) is 9.53 Å². The zero-order valence-corrected chi connectivity index (χ0v) is 20.6. The summed E-state index contributed by atoms with van der Waals surface area (Å²) in [6.45, 7) is 9.05. The van der Waals surface area contributed by atoms with Gasteiger partial charge >= 0.3 is 5.97 Å². The lowest BCUT2D eigenvalue weighted by molar-refractivity contribution is -0.149. The number of rotatable bonds is 10. The topological polar surface area (TPSA) is 139 Å². The molecule has 0 radical (unpaired) electrons. The Balaban J connectivity index is 1.75. The van der Waals surface area contributed by atoms with Gasteiger partial charge in [-0.3, -0.25) is 14.7 Å². The Hall–Kier alpha value is -3.95. The Morgan fingerprint density at radius 3 is 2.49 bits per heavy atom. The van der Waals surface area contributed by atoms with Crippen LogP contribution >= 0.6 is 0 Å². The van der Waals surface area contributed by atoms with Crippen molar-refractivity contribution in [3.63, 3.8) is 0 Å². The maximum absolute atomic E-state index is 12.6. The monoisotopic (exact) mass is 481 g/mol. The number of aromatic nitrogens is 3. The van der Waals surface area contributed by atoms with Crippen molar-refractivity contribution in [3.05, 3.63) is 48.0 Å². The van der Waals surface area contributed by atoms with Gasteiger partial charge in [-0.25, -0.2) is 9.78 Å². The molecule has 0 fully saturated rings. The van der Waals surface area contributed by atoms with E-state index in [-0.39, 0.29) is 30.2 Å². The van der Waals surface area contributed by atoms with Gasteiger partial charge in [0, 0.05) is 17.2 Å². The van der Waals surface area contributed by atoms with E-state index < -0.39 is 17.4 Å². The number of nitrogens with one attached hydrogen (secondary N) is 3. The first kappa shape index (κ1) is 25.7. The first-order valence-electron chi connectivity index (χ1n) is 11.6. The second-order valence-electron chi connectivity index (χ2n) is 8.56. The van der Waals surface area contributed by atoms with Crippen LogP contribution in [0.1, 0.15) is 68.5 Å². The molecule has 3 aromatic rings. The molecule has 0 saturated heterocycles. The van der Waals surface area contributed by atoms with Crippen molar-refractivity contribution in [2.45, 2.75) is 59.0 Å². The molecule has 0 unspecified atom stereocenters. The molecule has 10 heteroatoms. The number of aromatic amines is 1. The number of oxazole rings is 1. The summed E-state index contributed by atoms with van der Waals surface area (Å²) < 4.78 is 10.6. The standard InChI is InChI=1S/C25H31N5O5/c1-6-17(7-2)27-21(31)19-13-18(29-30-19)15-10-9-11-16(12-15)23-26-14-20(35-23)22(32)28-25(4,5)24(33)34-8-3/h9-14,17H,6-8H2,1-5H3,(H,27,31)(H,28,32)(H,29,30). The second kappa shape index (κ2) is 11.0. The predicted octanol–water partition coefficient (Wildman–Crippen LogP) is 3.72. The van der Waals surface area contributed by atoms with Crippen LogP contribution in [0, 0.1) is 0 Å². The fraction of sp³-hybridized carbons (Fsp3) is 0.400. The summed E-state index contributed by atoms with van der Waals surface area (Å²) >= 11 is 0. The Kier molecular flexibility index (Phi) is 8.06. The van der Waals surface area contributed by atoms with E-state index in [1.165, 1.54) is 6.20 Å². The first-order valence-corrected chi connectivity index (χ1v) is 11.6. The molecule has 3 N–H and O–H groups in total. The van der Waals surface area contributed by atoms with Crippen LogP contribution in [0.25, 0.3) is 22.7 Å². The molecule has 0 spiro atoms. The highest BCUT2D eigenvalue weighted by molar-refractivity contribution is 5.96. The highest BCUT2D eigenvalue weighted by Gasteiger charge is 2.32. The summed E-state index contributed by atoms with van der Waals surface area (Å²) in [5, 5.41) is 12.6. The third-order valence-electron chi connectivity index (χ3n) is 5.49. The van der Waals surface area contributed by atoms with Crippen LogP contribution in [0.3, 0.4) is 0 Å². The Labute approximate surface area is 203 Å². The molecule has 0 aliphatic carbocycles. The summed E-state index contributed by atoms with van der Waals surface area (Å²) in [6, 6.07) is 9.03. The van der Waals surface area contributed by atoms with Gasteiger partial charge in [-0.1, -0.05) is 26.0 Å². The number of H-pyrrole nitrogens is 1. The minimum Gasteiger partial charge on any atom is -0.464 e. The highest BCUT2D eigenvalue weighted by Crippen LogP contribution is 2.26. The van der Waals surface area contributed by atoms with Crippen LogP contribution in [0.4, 0.5) is 0 Å². The number of hydrogen-bond donors (Lipinski definition) is 3. The van der Waals surface area contributed by atoms with E-state index in [0.29, 0.717) is 17.0 Å². The fourth-order valence-corrected chi connectivity index (χ4v) is 3.37. The van der Waals surface area contributed by atoms with E-state index in [9.17, 15) is 14.4 Å². The lowest BCUT2D eigenvalue weighted by Gasteiger charge is -2.22. The molecule has 0 bridgehead atoms. The fourth-order valence-electron chi connectivity index (χ4n) is 3.37. The zero-order valence-electron chi connectivity index (χ0n) is 20.6. The molecular formula is C25H31N5O5. The molecule has 3 rings (SSSR count). The Morgan fingerprint density at radius 2 is 1.80 bits per heavy atom. The minimum atomic E-state index is -1.22. The lowest BCUT2D eigenvalue weighted by atomic mass is 10.1. The molecule has 1 aromatic carbocycles. The van der Waals surface area contributed by atoms with Gasteiger partial charge in [-0.2, -0.15) is 5.10 Å². The summed E-state index contributed by atoms with van der Waals surface area (Å²) in [4.78, 5) is 41.3. The molecular weight excluding hydrogens is 450 g/mol. The van der Waals surface area contributed by atoms with Crippen molar-refractivity contribution in [1.82, 2.24) is 25.8 Å². The average molecular weight is 482 g/mol. The molecule has 2 heterocycles. The number of amides is 2. The third kappa shape index (κ3) is 6.14. The van der Waals surface area contributed by atoms with Crippen molar-refractivity contribution in [2.24, 2.45) is 0 Å². The van der Waals surface area contributed by atoms with Gasteiger partial charge in [-0.15, -0.1) is 0 Å². The molecule has 2 aromatic heterocycles. The molecule has 186 valence electrons. The van der Waals surface area contributed by atoms with Gasteiger partial charge in [-0.05, 0) is 51.8 Å². The maximum atomic E-state index is 12.6. The van der Waals surface area contributed by atoms with Crippen LogP contribution in [0.2, 0.25) is 0 Å². The van der Waals surface area contributed by atoms with Crippen molar-refractivity contribution in [2.75, 3.05) is 6.61 Å². The molecule has 35 heavy (non-hydrogen) atoms. The number of hydrogen-bond acceptors (Lipinski definition) is 7. The van der Waals surface area contributed by atoms with Crippen molar-refractivity contribution in [3.8, 4) is 22.7 Å². The lowest BCUT2D eigenvalue weighted by Crippen LogP contribution is -2.50. The molecule has 0 atom stereocenters. The van der Waals surface area contributed by atoms with E-state index in [2.05, 4.69) is 25.8 Å². The summed E-state index contributed by atoms with van der Waals surface area (Å²) in [5.74, 6) is -1.15. The normalized spacial score (nSPS) is 11.4. The SMILES string of the molecule is CCOC(=O)C(C)(C)NC(=O)c1cnc(-c2cccc(-c3cc(C(=O)NC(CC)CC)[nH]n3)c2)o1. The number of carbonyl (C=O) groups is 3. The maximum Gasteiger partial charge on any atom is 0.331 e. The first-order chi connectivity index (χ1) is 16.7. The van der Waals surface area contributed by atoms with Gasteiger partial charge in [0.2, 0.25) is 11.7 Å².